The summed E-state index contributed by atoms with van der Waals surface area (Å²) in [5.41, 5.74) is 1.70. The Morgan fingerprint density at radius 1 is 1.14 bits per heavy atom. The topological polar surface area (TPSA) is 67.8 Å². The van der Waals surface area contributed by atoms with E-state index in [9.17, 15) is 8.42 Å². The van der Waals surface area contributed by atoms with E-state index >= 15 is 0 Å². The van der Waals surface area contributed by atoms with E-state index in [1.165, 1.54) is 6.21 Å². The summed E-state index contributed by atoms with van der Waals surface area (Å²) in [5, 5.41) is 3.81. The Labute approximate surface area is 130 Å². The maximum atomic E-state index is 12.1. The van der Waals surface area contributed by atoms with Gasteiger partial charge >= 0.3 is 0 Å². The molecular formula is C16H18N2O3S. The summed E-state index contributed by atoms with van der Waals surface area (Å²) in [5.74, 6) is 0.656. The van der Waals surface area contributed by atoms with Crippen LogP contribution in [0.2, 0.25) is 0 Å². The molecule has 2 aromatic rings. The zero-order valence-corrected chi connectivity index (χ0v) is 13.3. The number of aryl methyl sites for hydroxylation is 1. The third-order valence-corrected chi connectivity index (χ3v) is 4.17. The van der Waals surface area contributed by atoms with Crippen molar-refractivity contribution in [1.29, 1.82) is 0 Å². The first-order valence-corrected chi connectivity index (χ1v) is 8.34. The van der Waals surface area contributed by atoms with Gasteiger partial charge in [-0.25, -0.2) is 4.83 Å². The number of nitrogens with zero attached hydrogens (tertiary/aromatic N) is 1. The van der Waals surface area contributed by atoms with Crippen molar-refractivity contribution >= 4 is 16.2 Å². The number of ether oxygens (including phenoxy) is 1. The van der Waals surface area contributed by atoms with Crippen LogP contribution in [0.4, 0.5) is 0 Å². The molecule has 116 valence electrons. The molecule has 22 heavy (non-hydrogen) atoms. The average molecular weight is 318 g/mol. The van der Waals surface area contributed by atoms with Crippen molar-refractivity contribution in [2.24, 2.45) is 5.10 Å². The van der Waals surface area contributed by atoms with E-state index in [1.807, 2.05) is 26.0 Å². The molecule has 0 unspecified atom stereocenters. The Balaban J connectivity index is 2.13. The highest BCUT2D eigenvalue weighted by Crippen LogP contribution is 2.15. The predicted octanol–water partition coefficient (Wildman–Crippen LogP) is 2.71. The SMILES string of the molecule is CCOc1ccccc1C=NNS(=O)(=O)c1ccc(C)cc1. The quantitative estimate of drug-likeness (QED) is 0.658. The van der Waals surface area contributed by atoms with Crippen LogP contribution in [0.15, 0.2) is 58.5 Å². The standard InChI is InChI=1S/C16H18N2O3S/c1-3-21-16-7-5-4-6-14(16)12-17-18-22(19,20)15-10-8-13(2)9-11-15/h4-12,18H,3H2,1-2H3. The molecule has 0 aliphatic heterocycles. The van der Waals surface area contributed by atoms with E-state index in [4.69, 9.17) is 4.74 Å². The maximum Gasteiger partial charge on any atom is 0.276 e. The van der Waals surface area contributed by atoms with Gasteiger partial charge in [0.25, 0.3) is 10.0 Å². The summed E-state index contributed by atoms with van der Waals surface area (Å²) in [6.45, 7) is 4.31. The number of para-hydroxylation sites is 1. The Morgan fingerprint density at radius 2 is 1.82 bits per heavy atom. The predicted molar refractivity (Wildman–Crippen MR) is 86.7 cm³/mol. The molecule has 6 heteroatoms. The number of nitrogens with one attached hydrogen (secondary N) is 1. The minimum Gasteiger partial charge on any atom is -0.493 e. The van der Waals surface area contributed by atoms with Gasteiger partial charge in [-0.05, 0) is 38.1 Å². The monoisotopic (exact) mass is 318 g/mol. The molecule has 2 rings (SSSR count). The molecule has 0 spiro atoms. The molecule has 0 radical (unpaired) electrons. The molecule has 0 atom stereocenters. The molecular weight excluding hydrogens is 300 g/mol. The van der Waals surface area contributed by atoms with E-state index < -0.39 is 10.0 Å². The van der Waals surface area contributed by atoms with E-state index in [-0.39, 0.29) is 4.90 Å². The maximum absolute atomic E-state index is 12.1. The van der Waals surface area contributed by atoms with Crippen molar-refractivity contribution in [3.05, 3.63) is 59.7 Å². The first-order valence-electron chi connectivity index (χ1n) is 6.86. The summed E-state index contributed by atoms with van der Waals surface area (Å²) in [7, 11) is -3.66. The summed E-state index contributed by atoms with van der Waals surface area (Å²) >= 11 is 0. The molecule has 1 N–H and O–H groups in total. The van der Waals surface area contributed by atoms with Crippen LogP contribution in [0, 0.1) is 6.92 Å². The van der Waals surface area contributed by atoms with Crippen molar-refractivity contribution in [1.82, 2.24) is 4.83 Å². The fraction of sp³-hybridized carbons (Fsp3) is 0.188. The lowest BCUT2D eigenvalue weighted by atomic mass is 10.2. The first kappa shape index (κ1) is 16.0. The number of hydrogen-bond acceptors (Lipinski definition) is 4. The lowest BCUT2D eigenvalue weighted by Crippen LogP contribution is -2.18. The normalized spacial score (nSPS) is 11.5. The Kier molecular flexibility index (Phi) is 5.16. The second-order valence-electron chi connectivity index (χ2n) is 4.64. The van der Waals surface area contributed by atoms with Crippen molar-refractivity contribution in [2.45, 2.75) is 18.7 Å². The van der Waals surface area contributed by atoms with E-state index in [2.05, 4.69) is 9.93 Å². The fourth-order valence-electron chi connectivity index (χ4n) is 1.81. The Bertz CT molecular complexity index is 753. The largest absolute Gasteiger partial charge is 0.493 e. The molecule has 0 saturated heterocycles. The smallest absolute Gasteiger partial charge is 0.276 e. The van der Waals surface area contributed by atoms with E-state index in [0.717, 1.165) is 5.56 Å². The molecule has 0 fully saturated rings. The summed E-state index contributed by atoms with van der Waals surface area (Å²) in [6, 6.07) is 13.8. The van der Waals surface area contributed by atoms with Crippen LogP contribution in [0.25, 0.3) is 0 Å². The van der Waals surface area contributed by atoms with Crippen LogP contribution >= 0.6 is 0 Å². The molecule has 0 aromatic heterocycles. The first-order chi connectivity index (χ1) is 10.5. The van der Waals surface area contributed by atoms with Crippen LogP contribution in [0.3, 0.4) is 0 Å². The second-order valence-corrected chi connectivity index (χ2v) is 6.30. The lowest BCUT2D eigenvalue weighted by Gasteiger charge is -2.06. The average Bonchev–Trinajstić information content (AvgIpc) is 2.49. The van der Waals surface area contributed by atoms with Crippen molar-refractivity contribution in [2.75, 3.05) is 6.61 Å². The van der Waals surface area contributed by atoms with Gasteiger partial charge < -0.3 is 4.74 Å². The third kappa shape index (κ3) is 4.08. The minimum atomic E-state index is -3.66. The van der Waals surface area contributed by atoms with Crippen molar-refractivity contribution in [3.63, 3.8) is 0 Å². The van der Waals surface area contributed by atoms with Gasteiger partial charge in [0.2, 0.25) is 0 Å². The van der Waals surface area contributed by atoms with Crippen LogP contribution in [-0.4, -0.2) is 21.2 Å². The fourth-order valence-corrected chi connectivity index (χ4v) is 2.60. The highest BCUT2D eigenvalue weighted by Gasteiger charge is 2.11. The van der Waals surface area contributed by atoms with Crippen LogP contribution in [-0.2, 0) is 10.0 Å². The van der Waals surface area contributed by atoms with Gasteiger partial charge in [0, 0.05) is 5.56 Å². The van der Waals surface area contributed by atoms with E-state index in [0.29, 0.717) is 17.9 Å². The van der Waals surface area contributed by atoms with E-state index in [1.54, 1.807) is 36.4 Å². The van der Waals surface area contributed by atoms with Gasteiger partial charge in [-0.15, -0.1) is 0 Å². The van der Waals surface area contributed by atoms with Gasteiger partial charge in [0.15, 0.2) is 0 Å². The number of rotatable bonds is 6. The Morgan fingerprint density at radius 3 is 2.50 bits per heavy atom. The van der Waals surface area contributed by atoms with Gasteiger partial charge in [-0.1, -0.05) is 29.8 Å². The van der Waals surface area contributed by atoms with Crippen LogP contribution < -0.4 is 9.57 Å². The summed E-state index contributed by atoms with van der Waals surface area (Å²) < 4.78 is 29.6. The molecule has 2 aromatic carbocycles. The minimum absolute atomic E-state index is 0.174. The molecule has 0 heterocycles. The van der Waals surface area contributed by atoms with Crippen LogP contribution in [0.5, 0.6) is 5.75 Å². The zero-order valence-electron chi connectivity index (χ0n) is 12.5. The number of sulfonamides is 1. The highest BCUT2D eigenvalue weighted by atomic mass is 32.2. The van der Waals surface area contributed by atoms with Crippen molar-refractivity contribution in [3.8, 4) is 5.75 Å². The van der Waals surface area contributed by atoms with Gasteiger partial charge in [-0.2, -0.15) is 13.5 Å². The van der Waals surface area contributed by atoms with Crippen molar-refractivity contribution < 1.29 is 13.2 Å². The molecule has 0 amide bonds. The number of hydrogen-bond donors (Lipinski definition) is 1. The molecule has 0 saturated carbocycles. The molecule has 0 aliphatic rings. The van der Waals surface area contributed by atoms with Gasteiger partial charge in [-0.3, -0.25) is 0 Å². The highest BCUT2D eigenvalue weighted by molar-refractivity contribution is 7.89. The molecule has 5 nitrogen and oxygen atoms in total. The van der Waals surface area contributed by atoms with Gasteiger partial charge in [0.05, 0.1) is 17.7 Å². The number of benzene rings is 2. The Hall–Kier alpha value is -2.34. The lowest BCUT2D eigenvalue weighted by molar-refractivity contribution is 0.340. The number of hydrazone groups is 1. The molecule has 0 bridgehead atoms. The van der Waals surface area contributed by atoms with Gasteiger partial charge in [0.1, 0.15) is 5.75 Å². The molecule has 0 aliphatic carbocycles. The third-order valence-electron chi connectivity index (χ3n) is 2.93. The summed E-state index contributed by atoms with van der Waals surface area (Å²) in [4.78, 5) is 2.37. The van der Waals surface area contributed by atoms with Crippen LogP contribution in [0.1, 0.15) is 18.1 Å². The summed E-state index contributed by atoms with van der Waals surface area (Å²) in [6.07, 6.45) is 1.43. The second kappa shape index (κ2) is 7.09. The zero-order chi connectivity index (χ0) is 16.0.